The molecule has 1 aromatic heterocycles. The van der Waals surface area contributed by atoms with Crippen molar-refractivity contribution in [2.75, 3.05) is 6.61 Å². The minimum atomic E-state index is -0.804. The molecule has 206 valence electrons. The van der Waals surface area contributed by atoms with Gasteiger partial charge in [-0.2, -0.15) is 0 Å². The fourth-order valence-corrected chi connectivity index (χ4v) is 8.08. The standard InChI is InChI=1S/C32H35ClN2O3.ClH/c33-28-5-1-23(2-6-28)9-10-32(21-35-12-11-34-22-35)37-20-30(38-32)19-36-29-7-3-27(4-8-29)31-16-24-13-25(17-31)15-26(14-24)18-31;/h1-8,11-12,20,22,24-26H,9-10,13-19,21H2;1H/t24?,25?,26?,31?,32-;/m1./s1. The fraction of sp³-hybridized carbons (Fsp3) is 0.469. The first-order valence-electron chi connectivity index (χ1n) is 14.0. The van der Waals surface area contributed by atoms with Gasteiger partial charge in [-0.1, -0.05) is 35.9 Å². The molecule has 1 atom stereocenters. The molecule has 8 rings (SSSR count). The molecule has 1 aliphatic heterocycles. The van der Waals surface area contributed by atoms with Gasteiger partial charge in [0.05, 0.1) is 6.33 Å². The minimum Gasteiger partial charge on any atom is -0.486 e. The molecule has 4 aliphatic carbocycles. The number of hydrogen-bond donors (Lipinski definition) is 0. The second-order valence-corrected chi connectivity index (χ2v) is 12.5. The summed E-state index contributed by atoms with van der Waals surface area (Å²) in [5.41, 5.74) is 3.12. The van der Waals surface area contributed by atoms with Gasteiger partial charge < -0.3 is 18.8 Å². The summed E-state index contributed by atoms with van der Waals surface area (Å²) < 4.78 is 20.7. The van der Waals surface area contributed by atoms with Crippen LogP contribution in [0.1, 0.15) is 56.1 Å². The van der Waals surface area contributed by atoms with Crippen molar-refractivity contribution < 1.29 is 14.2 Å². The molecule has 4 bridgehead atoms. The molecule has 4 fully saturated rings. The largest absolute Gasteiger partial charge is 0.486 e. The van der Waals surface area contributed by atoms with Crippen molar-refractivity contribution in [3.8, 4) is 5.75 Å². The number of ether oxygens (including phenoxy) is 3. The highest BCUT2D eigenvalue weighted by molar-refractivity contribution is 6.30. The topological polar surface area (TPSA) is 45.5 Å². The molecule has 0 unspecified atom stereocenters. The lowest BCUT2D eigenvalue weighted by atomic mass is 9.48. The van der Waals surface area contributed by atoms with Crippen LogP contribution in [-0.2, 0) is 27.9 Å². The lowest BCUT2D eigenvalue weighted by Gasteiger charge is -2.57. The van der Waals surface area contributed by atoms with E-state index in [0.29, 0.717) is 30.7 Å². The summed E-state index contributed by atoms with van der Waals surface area (Å²) in [6.45, 7) is 0.879. The summed E-state index contributed by atoms with van der Waals surface area (Å²) >= 11 is 6.06. The molecule has 39 heavy (non-hydrogen) atoms. The van der Waals surface area contributed by atoms with E-state index in [0.717, 1.165) is 34.9 Å². The van der Waals surface area contributed by atoms with E-state index in [1.165, 1.54) is 49.7 Å². The maximum Gasteiger partial charge on any atom is 0.268 e. The third-order valence-corrected chi connectivity index (χ3v) is 9.55. The Morgan fingerprint density at radius 3 is 2.28 bits per heavy atom. The Morgan fingerprint density at radius 1 is 0.949 bits per heavy atom. The van der Waals surface area contributed by atoms with Gasteiger partial charge in [0, 0.05) is 23.8 Å². The van der Waals surface area contributed by atoms with Crippen molar-refractivity contribution in [1.29, 1.82) is 0 Å². The van der Waals surface area contributed by atoms with Gasteiger partial charge in [0.25, 0.3) is 5.79 Å². The van der Waals surface area contributed by atoms with Gasteiger partial charge in [0.1, 0.15) is 25.2 Å². The first kappa shape index (κ1) is 26.6. The van der Waals surface area contributed by atoms with Crippen molar-refractivity contribution in [3.05, 3.63) is 95.4 Å². The predicted molar refractivity (Wildman–Crippen MR) is 154 cm³/mol. The van der Waals surface area contributed by atoms with Crippen molar-refractivity contribution in [1.82, 2.24) is 9.55 Å². The average Bonchev–Trinajstić information content (AvgIpc) is 3.57. The van der Waals surface area contributed by atoms with Gasteiger partial charge in [0.15, 0.2) is 5.76 Å². The molecule has 2 aromatic carbocycles. The molecule has 2 heterocycles. The lowest BCUT2D eigenvalue weighted by molar-refractivity contribution is -0.165. The average molecular weight is 568 g/mol. The predicted octanol–water partition coefficient (Wildman–Crippen LogP) is 7.72. The number of aromatic nitrogens is 2. The Kier molecular flexibility index (Phi) is 7.32. The molecular weight excluding hydrogens is 531 g/mol. The van der Waals surface area contributed by atoms with E-state index in [1.807, 2.05) is 35.0 Å². The monoisotopic (exact) mass is 566 g/mol. The second kappa shape index (κ2) is 10.7. The van der Waals surface area contributed by atoms with Gasteiger partial charge in [0.2, 0.25) is 0 Å². The molecule has 0 saturated heterocycles. The van der Waals surface area contributed by atoms with Crippen LogP contribution in [0.25, 0.3) is 0 Å². The smallest absolute Gasteiger partial charge is 0.268 e. The van der Waals surface area contributed by atoms with E-state index in [4.69, 9.17) is 25.8 Å². The highest BCUT2D eigenvalue weighted by Gasteiger charge is 2.51. The Morgan fingerprint density at radius 2 is 1.64 bits per heavy atom. The van der Waals surface area contributed by atoms with E-state index in [9.17, 15) is 0 Å². The Hall–Kier alpha value is -2.63. The molecule has 7 heteroatoms. The van der Waals surface area contributed by atoms with Crippen LogP contribution in [0.4, 0.5) is 0 Å². The van der Waals surface area contributed by atoms with Crippen molar-refractivity contribution >= 4 is 24.0 Å². The summed E-state index contributed by atoms with van der Waals surface area (Å²) in [4.78, 5) is 4.18. The molecule has 4 saturated carbocycles. The summed E-state index contributed by atoms with van der Waals surface area (Å²) in [6.07, 6.45) is 17.2. The van der Waals surface area contributed by atoms with Crippen LogP contribution in [0, 0.1) is 17.8 Å². The molecule has 0 radical (unpaired) electrons. The van der Waals surface area contributed by atoms with Crippen LogP contribution in [0.3, 0.4) is 0 Å². The lowest BCUT2D eigenvalue weighted by Crippen LogP contribution is -2.48. The fourth-order valence-electron chi connectivity index (χ4n) is 7.95. The molecule has 0 spiro atoms. The van der Waals surface area contributed by atoms with Crippen LogP contribution < -0.4 is 4.74 Å². The maximum atomic E-state index is 6.42. The van der Waals surface area contributed by atoms with Crippen LogP contribution >= 0.6 is 24.0 Å². The Balaban J connectivity index is 0.00000277. The molecule has 5 nitrogen and oxygen atoms in total. The van der Waals surface area contributed by atoms with E-state index < -0.39 is 5.79 Å². The molecule has 0 N–H and O–H groups in total. The number of imidazole rings is 1. The minimum absolute atomic E-state index is 0. The quantitative estimate of drug-likeness (QED) is 0.266. The van der Waals surface area contributed by atoms with Gasteiger partial charge in [-0.15, -0.1) is 12.4 Å². The van der Waals surface area contributed by atoms with E-state index in [-0.39, 0.29) is 12.4 Å². The Labute approximate surface area is 241 Å². The first-order chi connectivity index (χ1) is 18.5. The zero-order valence-electron chi connectivity index (χ0n) is 22.1. The summed E-state index contributed by atoms with van der Waals surface area (Å²) in [7, 11) is 0. The molecule has 5 aliphatic rings. The zero-order chi connectivity index (χ0) is 25.6. The van der Waals surface area contributed by atoms with Crippen LogP contribution in [0.15, 0.2) is 79.3 Å². The van der Waals surface area contributed by atoms with Gasteiger partial charge in [-0.05, 0) is 104 Å². The van der Waals surface area contributed by atoms with Crippen molar-refractivity contribution in [3.63, 3.8) is 0 Å². The highest BCUT2D eigenvalue weighted by Crippen LogP contribution is 2.60. The normalized spacial score (nSPS) is 30.3. The third kappa shape index (κ3) is 5.53. The summed E-state index contributed by atoms with van der Waals surface area (Å²) in [5.74, 6) is 3.62. The first-order valence-corrected chi connectivity index (χ1v) is 14.4. The number of hydrogen-bond acceptors (Lipinski definition) is 4. The number of rotatable bonds is 9. The summed E-state index contributed by atoms with van der Waals surface area (Å²) in [5, 5.41) is 0.738. The number of benzene rings is 2. The number of nitrogens with zero attached hydrogens (tertiary/aromatic N) is 2. The number of aryl methyl sites for hydroxylation is 1. The zero-order valence-corrected chi connectivity index (χ0v) is 23.7. The third-order valence-electron chi connectivity index (χ3n) is 9.30. The maximum absolute atomic E-state index is 6.42. The van der Waals surface area contributed by atoms with Crippen molar-refractivity contribution in [2.45, 2.75) is 69.1 Å². The molecule has 0 amide bonds. The molecule has 3 aromatic rings. The van der Waals surface area contributed by atoms with Gasteiger partial charge >= 0.3 is 0 Å². The van der Waals surface area contributed by atoms with Crippen LogP contribution in [-0.4, -0.2) is 21.9 Å². The van der Waals surface area contributed by atoms with E-state index >= 15 is 0 Å². The number of halogens is 2. The van der Waals surface area contributed by atoms with E-state index in [1.54, 1.807) is 18.8 Å². The van der Waals surface area contributed by atoms with Gasteiger partial charge in [-0.3, -0.25) is 0 Å². The Bertz CT molecular complexity index is 1250. The summed E-state index contributed by atoms with van der Waals surface area (Å²) in [6, 6.07) is 16.9. The molecular formula is C32H36Cl2N2O3. The SMILES string of the molecule is Cl.Clc1ccc(CC[C@@]2(Cn3ccnc3)OC=C(COc3ccc(C45CC6CC(CC(C6)C4)C5)cc3)O2)cc1. The van der Waals surface area contributed by atoms with Crippen LogP contribution in [0.5, 0.6) is 5.75 Å². The van der Waals surface area contributed by atoms with Crippen LogP contribution in [0.2, 0.25) is 5.02 Å². The second-order valence-electron chi connectivity index (χ2n) is 12.1. The highest BCUT2D eigenvalue weighted by atomic mass is 35.5. The van der Waals surface area contributed by atoms with E-state index in [2.05, 4.69) is 29.2 Å². The van der Waals surface area contributed by atoms with Gasteiger partial charge in [-0.25, -0.2) is 4.98 Å². The van der Waals surface area contributed by atoms with Crippen molar-refractivity contribution in [2.24, 2.45) is 17.8 Å².